The second-order valence-electron chi connectivity index (χ2n) is 4.88. The quantitative estimate of drug-likeness (QED) is 0.826. The van der Waals surface area contributed by atoms with Gasteiger partial charge in [0.15, 0.2) is 0 Å². The Morgan fingerprint density at radius 1 is 1.56 bits per heavy atom. The standard InChI is InChI=1S/C14H20N2OS/c1-10-3-2-4-11(7-10)13(15)8-18-9-14(17)16-12-5-6-12/h2-4,7,12-13H,5-6,8-9,15H2,1H3,(H,16,17). The molecular weight excluding hydrogens is 244 g/mol. The fourth-order valence-electron chi connectivity index (χ4n) is 1.77. The molecule has 0 bridgehead atoms. The van der Waals surface area contributed by atoms with Crippen molar-refractivity contribution in [2.75, 3.05) is 11.5 Å². The molecule has 1 aliphatic rings. The van der Waals surface area contributed by atoms with Crippen molar-refractivity contribution < 1.29 is 4.79 Å². The number of benzene rings is 1. The maximum atomic E-state index is 11.5. The monoisotopic (exact) mass is 264 g/mol. The van der Waals surface area contributed by atoms with Crippen LogP contribution in [0.15, 0.2) is 24.3 Å². The van der Waals surface area contributed by atoms with Crippen LogP contribution in [-0.2, 0) is 4.79 Å². The van der Waals surface area contributed by atoms with Crippen molar-refractivity contribution in [1.29, 1.82) is 0 Å². The molecule has 1 aromatic rings. The summed E-state index contributed by atoms with van der Waals surface area (Å²) in [5.74, 6) is 1.43. The number of carbonyl (C=O) groups is 1. The topological polar surface area (TPSA) is 55.1 Å². The molecule has 18 heavy (non-hydrogen) atoms. The van der Waals surface area contributed by atoms with Gasteiger partial charge in [0, 0.05) is 17.8 Å². The first-order chi connectivity index (χ1) is 8.65. The average Bonchev–Trinajstić information content (AvgIpc) is 3.12. The van der Waals surface area contributed by atoms with Crippen LogP contribution in [0.4, 0.5) is 0 Å². The van der Waals surface area contributed by atoms with Gasteiger partial charge in [-0.3, -0.25) is 4.79 Å². The lowest BCUT2D eigenvalue weighted by Crippen LogP contribution is -2.27. The van der Waals surface area contributed by atoms with E-state index in [9.17, 15) is 4.79 Å². The number of carbonyl (C=O) groups excluding carboxylic acids is 1. The van der Waals surface area contributed by atoms with Crippen LogP contribution in [0.1, 0.15) is 30.0 Å². The van der Waals surface area contributed by atoms with E-state index in [-0.39, 0.29) is 11.9 Å². The summed E-state index contributed by atoms with van der Waals surface area (Å²) in [5.41, 5.74) is 8.48. The molecule has 98 valence electrons. The fraction of sp³-hybridized carbons (Fsp3) is 0.500. The lowest BCUT2D eigenvalue weighted by Gasteiger charge is -2.12. The SMILES string of the molecule is Cc1cccc(C(N)CSCC(=O)NC2CC2)c1. The Balaban J connectivity index is 1.70. The average molecular weight is 264 g/mol. The number of hydrogen-bond donors (Lipinski definition) is 2. The third kappa shape index (κ3) is 4.35. The molecule has 0 saturated heterocycles. The first kappa shape index (κ1) is 13.4. The number of nitrogens with two attached hydrogens (primary N) is 1. The van der Waals surface area contributed by atoms with Gasteiger partial charge in [0.05, 0.1) is 5.75 Å². The van der Waals surface area contributed by atoms with Crippen molar-refractivity contribution in [1.82, 2.24) is 5.32 Å². The van der Waals surface area contributed by atoms with Gasteiger partial charge >= 0.3 is 0 Å². The van der Waals surface area contributed by atoms with Crippen LogP contribution in [0.2, 0.25) is 0 Å². The molecule has 0 aliphatic heterocycles. The van der Waals surface area contributed by atoms with E-state index in [1.165, 1.54) is 5.56 Å². The van der Waals surface area contributed by atoms with E-state index in [2.05, 4.69) is 24.4 Å². The van der Waals surface area contributed by atoms with Gasteiger partial charge in [0.2, 0.25) is 5.91 Å². The Hall–Kier alpha value is -1.00. The maximum absolute atomic E-state index is 11.5. The van der Waals surface area contributed by atoms with Gasteiger partial charge in [-0.2, -0.15) is 11.8 Å². The molecule has 0 radical (unpaired) electrons. The zero-order valence-corrected chi connectivity index (χ0v) is 11.5. The zero-order valence-electron chi connectivity index (χ0n) is 10.7. The molecule has 3 N–H and O–H groups in total. The van der Waals surface area contributed by atoms with Crippen LogP contribution in [-0.4, -0.2) is 23.5 Å². The molecule has 4 heteroatoms. The Morgan fingerprint density at radius 2 is 2.33 bits per heavy atom. The van der Waals surface area contributed by atoms with Crippen molar-refractivity contribution >= 4 is 17.7 Å². The molecule has 0 spiro atoms. The van der Waals surface area contributed by atoms with Gasteiger partial charge in [-0.25, -0.2) is 0 Å². The molecule has 1 unspecified atom stereocenters. The summed E-state index contributed by atoms with van der Waals surface area (Å²) in [7, 11) is 0. The van der Waals surface area contributed by atoms with E-state index in [1.807, 2.05) is 12.1 Å². The summed E-state index contributed by atoms with van der Waals surface area (Å²) in [4.78, 5) is 11.5. The number of rotatable bonds is 6. The van der Waals surface area contributed by atoms with Crippen LogP contribution in [0.25, 0.3) is 0 Å². The molecule has 1 saturated carbocycles. The Labute approximate surface area is 113 Å². The molecule has 1 aromatic carbocycles. The van der Waals surface area contributed by atoms with Crippen molar-refractivity contribution in [3.05, 3.63) is 35.4 Å². The number of thioether (sulfide) groups is 1. The molecule has 1 fully saturated rings. The lowest BCUT2D eigenvalue weighted by molar-refractivity contribution is -0.118. The van der Waals surface area contributed by atoms with E-state index < -0.39 is 0 Å². The highest BCUT2D eigenvalue weighted by molar-refractivity contribution is 7.99. The van der Waals surface area contributed by atoms with Crippen LogP contribution in [0.3, 0.4) is 0 Å². The van der Waals surface area contributed by atoms with Gasteiger partial charge in [0.1, 0.15) is 0 Å². The smallest absolute Gasteiger partial charge is 0.230 e. The van der Waals surface area contributed by atoms with Crippen molar-refractivity contribution in [3.8, 4) is 0 Å². The van der Waals surface area contributed by atoms with Gasteiger partial charge in [-0.1, -0.05) is 29.8 Å². The minimum Gasteiger partial charge on any atom is -0.353 e. The van der Waals surface area contributed by atoms with Crippen LogP contribution >= 0.6 is 11.8 Å². The molecule has 1 atom stereocenters. The van der Waals surface area contributed by atoms with E-state index >= 15 is 0 Å². The van der Waals surface area contributed by atoms with Crippen LogP contribution in [0.5, 0.6) is 0 Å². The highest BCUT2D eigenvalue weighted by Crippen LogP contribution is 2.20. The number of amides is 1. The van der Waals surface area contributed by atoms with Gasteiger partial charge in [-0.05, 0) is 25.3 Å². The largest absolute Gasteiger partial charge is 0.353 e. The minimum atomic E-state index is 0.00336. The first-order valence-corrected chi connectivity index (χ1v) is 7.50. The molecule has 3 nitrogen and oxygen atoms in total. The summed E-state index contributed by atoms with van der Waals surface area (Å²) in [6.45, 7) is 2.06. The van der Waals surface area contributed by atoms with Crippen LogP contribution < -0.4 is 11.1 Å². The summed E-state index contributed by atoms with van der Waals surface area (Å²) >= 11 is 1.60. The molecule has 2 rings (SSSR count). The molecule has 0 heterocycles. The molecule has 1 aliphatic carbocycles. The third-order valence-electron chi connectivity index (χ3n) is 2.94. The summed E-state index contributed by atoms with van der Waals surface area (Å²) in [6.07, 6.45) is 2.28. The molecule has 1 amide bonds. The van der Waals surface area contributed by atoms with Crippen LogP contribution in [0, 0.1) is 6.92 Å². The van der Waals surface area contributed by atoms with Crippen molar-refractivity contribution in [2.24, 2.45) is 5.73 Å². The van der Waals surface area contributed by atoms with E-state index in [0.29, 0.717) is 11.8 Å². The number of hydrogen-bond acceptors (Lipinski definition) is 3. The summed E-state index contributed by atoms with van der Waals surface area (Å²) in [6, 6.07) is 8.69. The molecular formula is C14H20N2OS. The highest BCUT2D eigenvalue weighted by Gasteiger charge is 2.22. The highest BCUT2D eigenvalue weighted by atomic mass is 32.2. The van der Waals surface area contributed by atoms with Crippen molar-refractivity contribution in [2.45, 2.75) is 31.8 Å². The normalized spacial score (nSPS) is 16.3. The van der Waals surface area contributed by atoms with E-state index in [4.69, 9.17) is 5.73 Å². The predicted octanol–water partition coefficient (Wildman–Crippen LogP) is 2.01. The summed E-state index contributed by atoms with van der Waals surface area (Å²) in [5, 5.41) is 2.98. The van der Waals surface area contributed by atoms with Gasteiger partial charge in [-0.15, -0.1) is 0 Å². The number of nitrogens with one attached hydrogen (secondary N) is 1. The first-order valence-electron chi connectivity index (χ1n) is 6.34. The fourth-order valence-corrected chi connectivity index (χ4v) is 2.61. The Kier molecular flexibility index (Phi) is 4.66. The van der Waals surface area contributed by atoms with Crippen molar-refractivity contribution in [3.63, 3.8) is 0 Å². The second-order valence-corrected chi connectivity index (χ2v) is 5.91. The maximum Gasteiger partial charge on any atom is 0.230 e. The minimum absolute atomic E-state index is 0.00336. The Bertz CT molecular complexity index is 418. The second kappa shape index (κ2) is 6.25. The third-order valence-corrected chi connectivity index (χ3v) is 4.00. The van der Waals surface area contributed by atoms with Gasteiger partial charge < -0.3 is 11.1 Å². The number of aryl methyl sites for hydroxylation is 1. The van der Waals surface area contributed by atoms with Gasteiger partial charge in [0.25, 0.3) is 0 Å². The molecule has 0 aromatic heterocycles. The zero-order chi connectivity index (χ0) is 13.0. The van der Waals surface area contributed by atoms with E-state index in [1.54, 1.807) is 11.8 Å². The summed E-state index contributed by atoms with van der Waals surface area (Å²) < 4.78 is 0. The lowest BCUT2D eigenvalue weighted by atomic mass is 10.1. The predicted molar refractivity (Wildman–Crippen MR) is 76.6 cm³/mol. The Morgan fingerprint density at radius 3 is 3.00 bits per heavy atom. The van der Waals surface area contributed by atoms with E-state index in [0.717, 1.165) is 24.2 Å².